The number of hydrogen-bond acceptors (Lipinski definition) is 5. The molecule has 1 heterocycles. The fourth-order valence-electron chi connectivity index (χ4n) is 3.71. The van der Waals surface area contributed by atoms with Crippen molar-refractivity contribution in [2.24, 2.45) is 0 Å². The van der Waals surface area contributed by atoms with Crippen molar-refractivity contribution in [3.05, 3.63) is 89.9 Å². The second kappa shape index (κ2) is 8.55. The van der Waals surface area contributed by atoms with Crippen molar-refractivity contribution < 1.29 is 23.5 Å². The molecule has 3 aromatic carbocycles. The average Bonchev–Trinajstić information content (AvgIpc) is 3.08. The summed E-state index contributed by atoms with van der Waals surface area (Å²) in [7, 11) is 4.69. The van der Waals surface area contributed by atoms with Crippen molar-refractivity contribution in [3.8, 4) is 11.5 Å². The van der Waals surface area contributed by atoms with E-state index in [-0.39, 0.29) is 17.0 Å². The summed E-state index contributed by atoms with van der Waals surface area (Å²) in [5, 5.41) is 0. The van der Waals surface area contributed by atoms with Crippen LogP contribution < -0.4 is 19.3 Å². The minimum atomic E-state index is -0.663. The molecule has 0 N–H and O–H groups in total. The quantitative estimate of drug-likeness (QED) is 0.545. The molecule has 0 fully saturated rings. The van der Waals surface area contributed by atoms with Crippen molar-refractivity contribution in [1.29, 1.82) is 0 Å². The largest absolute Gasteiger partial charge is 0.493 e. The summed E-state index contributed by atoms with van der Waals surface area (Å²) < 4.78 is 25.2. The maximum Gasteiger partial charge on any atom is 0.282 e. The zero-order chi connectivity index (χ0) is 22.8. The molecule has 162 valence electrons. The summed E-state index contributed by atoms with van der Waals surface area (Å²) in [6, 6.07) is 19.8. The molecule has 0 atom stereocenters. The van der Waals surface area contributed by atoms with Crippen LogP contribution in [-0.2, 0) is 9.59 Å². The molecule has 0 saturated heterocycles. The van der Waals surface area contributed by atoms with Gasteiger partial charge in [-0.3, -0.25) is 9.59 Å². The van der Waals surface area contributed by atoms with E-state index in [0.29, 0.717) is 22.7 Å². The van der Waals surface area contributed by atoms with Crippen LogP contribution in [0.25, 0.3) is 5.57 Å². The molecule has 0 radical (unpaired) electrons. The van der Waals surface area contributed by atoms with Crippen molar-refractivity contribution in [1.82, 2.24) is 0 Å². The molecule has 0 aromatic heterocycles. The number of para-hydroxylation sites is 2. The molecule has 0 unspecified atom stereocenters. The van der Waals surface area contributed by atoms with E-state index in [0.717, 1.165) is 4.90 Å². The second-order valence-electron chi connectivity index (χ2n) is 7.09. The van der Waals surface area contributed by atoms with E-state index in [1.54, 1.807) is 36.2 Å². The van der Waals surface area contributed by atoms with Gasteiger partial charge in [-0.05, 0) is 42.0 Å². The molecule has 32 heavy (non-hydrogen) atoms. The third-order valence-electron chi connectivity index (χ3n) is 5.30. The van der Waals surface area contributed by atoms with Gasteiger partial charge in [0.1, 0.15) is 11.5 Å². The summed E-state index contributed by atoms with van der Waals surface area (Å²) >= 11 is 0. The molecule has 7 heteroatoms. The van der Waals surface area contributed by atoms with E-state index in [1.165, 1.54) is 32.4 Å². The lowest BCUT2D eigenvalue weighted by Gasteiger charge is -2.21. The third kappa shape index (κ3) is 3.47. The van der Waals surface area contributed by atoms with Crippen LogP contribution in [0, 0.1) is 5.82 Å². The number of nitrogens with zero attached hydrogens (tertiary/aromatic N) is 2. The second-order valence-corrected chi connectivity index (χ2v) is 7.09. The van der Waals surface area contributed by atoms with Crippen molar-refractivity contribution in [2.45, 2.75) is 0 Å². The molecule has 6 nitrogen and oxygen atoms in total. The van der Waals surface area contributed by atoms with E-state index >= 15 is 0 Å². The molecule has 1 aliphatic heterocycles. The monoisotopic (exact) mass is 432 g/mol. The van der Waals surface area contributed by atoms with Gasteiger partial charge in [0.15, 0.2) is 11.5 Å². The van der Waals surface area contributed by atoms with Gasteiger partial charge in [-0.25, -0.2) is 9.29 Å². The first kappa shape index (κ1) is 21.1. The number of ether oxygens (including phenoxy) is 2. The molecular weight excluding hydrogens is 411 g/mol. The molecule has 4 rings (SSSR count). The summed E-state index contributed by atoms with van der Waals surface area (Å²) in [5.74, 6) is -1.01. The first-order valence-electron chi connectivity index (χ1n) is 9.86. The highest BCUT2D eigenvalue weighted by molar-refractivity contribution is 6.46. The van der Waals surface area contributed by atoms with Crippen LogP contribution in [0.4, 0.5) is 15.8 Å². The SMILES string of the molecule is COc1ccc(C2=C(N(C)c3ccccc3)C(=O)N(c3ccccc3F)C2=O)cc1OC. The molecule has 3 aromatic rings. The van der Waals surface area contributed by atoms with Crippen LogP contribution in [0.1, 0.15) is 5.56 Å². The highest BCUT2D eigenvalue weighted by Gasteiger charge is 2.43. The number of imide groups is 1. The Hall–Kier alpha value is -4.13. The Balaban J connectivity index is 1.92. The fraction of sp³-hybridized carbons (Fsp3) is 0.120. The van der Waals surface area contributed by atoms with Crippen LogP contribution in [-0.4, -0.2) is 33.1 Å². The lowest BCUT2D eigenvalue weighted by atomic mass is 10.0. The minimum absolute atomic E-state index is 0.100. The number of amides is 2. The van der Waals surface area contributed by atoms with Crippen molar-refractivity contribution in [3.63, 3.8) is 0 Å². The Morgan fingerprint density at radius 2 is 1.47 bits per heavy atom. The zero-order valence-electron chi connectivity index (χ0n) is 17.8. The average molecular weight is 432 g/mol. The Bertz CT molecular complexity index is 1220. The van der Waals surface area contributed by atoms with Crippen molar-refractivity contribution >= 4 is 28.8 Å². The van der Waals surface area contributed by atoms with E-state index in [4.69, 9.17) is 9.47 Å². The predicted molar refractivity (Wildman–Crippen MR) is 120 cm³/mol. The topological polar surface area (TPSA) is 59.1 Å². The van der Waals surface area contributed by atoms with Gasteiger partial charge < -0.3 is 14.4 Å². The Kier molecular flexibility index (Phi) is 5.64. The predicted octanol–water partition coefficient (Wildman–Crippen LogP) is 4.26. The summed E-state index contributed by atoms with van der Waals surface area (Å²) in [6.07, 6.45) is 0. The number of methoxy groups -OCH3 is 2. The van der Waals surface area contributed by atoms with Crippen LogP contribution >= 0.6 is 0 Å². The van der Waals surface area contributed by atoms with Crippen LogP contribution in [0.5, 0.6) is 11.5 Å². The summed E-state index contributed by atoms with van der Waals surface area (Å²) in [5.41, 5.74) is 1.34. The number of halogens is 1. The zero-order valence-corrected chi connectivity index (χ0v) is 17.8. The third-order valence-corrected chi connectivity index (χ3v) is 5.30. The van der Waals surface area contributed by atoms with Gasteiger partial charge >= 0.3 is 0 Å². The maximum absolute atomic E-state index is 14.6. The van der Waals surface area contributed by atoms with E-state index in [2.05, 4.69) is 0 Å². The maximum atomic E-state index is 14.6. The molecule has 0 spiro atoms. The molecule has 0 bridgehead atoms. The van der Waals surface area contributed by atoms with Gasteiger partial charge in [0, 0.05) is 12.7 Å². The van der Waals surface area contributed by atoms with Gasteiger partial charge in [0.05, 0.1) is 25.5 Å². The number of rotatable bonds is 6. The molecule has 1 aliphatic rings. The van der Waals surface area contributed by atoms with Gasteiger partial charge in [-0.2, -0.15) is 0 Å². The molecule has 0 saturated carbocycles. The van der Waals surface area contributed by atoms with Gasteiger partial charge in [0.2, 0.25) is 0 Å². The number of carbonyl (C=O) groups excluding carboxylic acids is 2. The standard InChI is InChI=1S/C25H21FN2O4/c1-27(17-9-5-4-6-10-17)23-22(16-13-14-20(31-2)21(15-16)32-3)24(29)28(25(23)30)19-12-8-7-11-18(19)26/h4-15H,1-3H3. The Morgan fingerprint density at radius 1 is 0.812 bits per heavy atom. The van der Waals surface area contributed by atoms with Crippen LogP contribution in [0.3, 0.4) is 0 Å². The Morgan fingerprint density at radius 3 is 2.12 bits per heavy atom. The minimum Gasteiger partial charge on any atom is -0.493 e. The molecule has 0 aliphatic carbocycles. The number of benzene rings is 3. The first-order chi connectivity index (χ1) is 15.5. The summed E-state index contributed by atoms with van der Waals surface area (Å²) in [4.78, 5) is 29.6. The highest BCUT2D eigenvalue weighted by Crippen LogP contribution is 2.39. The smallest absolute Gasteiger partial charge is 0.282 e. The van der Waals surface area contributed by atoms with E-state index in [9.17, 15) is 14.0 Å². The normalized spacial score (nSPS) is 13.6. The number of carbonyl (C=O) groups is 2. The number of likely N-dealkylation sites (N-methyl/N-ethyl adjacent to an activating group) is 1. The van der Waals surface area contributed by atoms with Crippen LogP contribution in [0.15, 0.2) is 78.5 Å². The first-order valence-corrected chi connectivity index (χ1v) is 9.86. The lowest BCUT2D eigenvalue weighted by molar-refractivity contribution is -0.120. The van der Waals surface area contributed by atoms with Crippen LogP contribution in [0.2, 0.25) is 0 Å². The summed E-state index contributed by atoms with van der Waals surface area (Å²) in [6.45, 7) is 0. The van der Waals surface area contributed by atoms with Gasteiger partial charge in [0.25, 0.3) is 11.8 Å². The fourth-order valence-corrected chi connectivity index (χ4v) is 3.71. The number of hydrogen-bond donors (Lipinski definition) is 0. The Labute approximate surface area is 185 Å². The van der Waals surface area contributed by atoms with Gasteiger partial charge in [-0.15, -0.1) is 0 Å². The lowest BCUT2D eigenvalue weighted by Crippen LogP contribution is -2.34. The van der Waals surface area contributed by atoms with E-state index < -0.39 is 17.6 Å². The highest BCUT2D eigenvalue weighted by atomic mass is 19.1. The van der Waals surface area contributed by atoms with E-state index in [1.807, 2.05) is 30.3 Å². The van der Waals surface area contributed by atoms with Crippen molar-refractivity contribution in [2.75, 3.05) is 31.1 Å². The van der Waals surface area contributed by atoms with Gasteiger partial charge in [-0.1, -0.05) is 36.4 Å². The molecular formula is C25H21FN2O4. The molecule has 2 amide bonds. The number of anilines is 2.